The monoisotopic (exact) mass is 152 g/mol. The van der Waals surface area contributed by atoms with Crippen LogP contribution in [-0.4, -0.2) is 10.3 Å². The predicted octanol–water partition coefficient (Wildman–Crippen LogP) is 1.80. The zero-order valence-electron chi connectivity index (χ0n) is 5.02. The fourth-order valence-electron chi connectivity index (χ4n) is 0.698. The van der Waals surface area contributed by atoms with Gasteiger partial charge in [-0.05, 0) is 16.6 Å². The summed E-state index contributed by atoms with van der Waals surface area (Å²) < 4.78 is 4.44. The molecule has 3 nitrogen and oxygen atoms in total. The van der Waals surface area contributed by atoms with Crippen molar-refractivity contribution in [3.05, 3.63) is 23.7 Å². The molecule has 50 valence electrons. The zero-order valence-corrected chi connectivity index (χ0v) is 5.84. The summed E-state index contributed by atoms with van der Waals surface area (Å²) in [6, 6.07) is 3.94. The molecule has 0 aliphatic rings. The van der Waals surface area contributed by atoms with E-state index < -0.39 is 0 Å². The van der Waals surface area contributed by atoms with Crippen molar-refractivity contribution in [1.82, 2.24) is 10.3 Å². The maximum atomic E-state index is 4.44. The van der Waals surface area contributed by atoms with Crippen molar-refractivity contribution in [3.8, 4) is 10.6 Å². The third-order valence-corrected chi connectivity index (χ3v) is 2.03. The van der Waals surface area contributed by atoms with Crippen LogP contribution in [0.15, 0.2) is 28.3 Å². The van der Waals surface area contributed by atoms with Gasteiger partial charge in [0.1, 0.15) is 11.9 Å². The summed E-state index contributed by atoms with van der Waals surface area (Å²) in [5.41, 5.74) is 0.801. The molecule has 0 amide bonds. The molecule has 2 heterocycles. The Kier molecular flexibility index (Phi) is 1.25. The Morgan fingerprint density at radius 3 is 3.10 bits per heavy atom. The van der Waals surface area contributed by atoms with Crippen LogP contribution in [0.1, 0.15) is 0 Å². The number of rotatable bonds is 1. The Balaban J connectivity index is 2.48. The second-order valence-corrected chi connectivity index (χ2v) is 2.72. The lowest BCUT2D eigenvalue weighted by atomic mass is 10.4. The Bertz CT molecular complexity index is 255. The second-order valence-electron chi connectivity index (χ2n) is 1.77. The average molecular weight is 152 g/mol. The van der Waals surface area contributed by atoms with Crippen LogP contribution >= 0.6 is 11.3 Å². The van der Waals surface area contributed by atoms with Crippen molar-refractivity contribution in [2.75, 3.05) is 0 Å². The topological polar surface area (TPSA) is 38.9 Å². The van der Waals surface area contributed by atoms with Crippen molar-refractivity contribution < 1.29 is 4.63 Å². The van der Waals surface area contributed by atoms with E-state index >= 15 is 0 Å². The first-order valence-electron chi connectivity index (χ1n) is 2.78. The van der Waals surface area contributed by atoms with Gasteiger partial charge in [-0.15, -0.1) is 11.3 Å². The van der Waals surface area contributed by atoms with E-state index in [-0.39, 0.29) is 0 Å². The molecule has 4 heteroatoms. The van der Waals surface area contributed by atoms with Gasteiger partial charge in [-0.3, -0.25) is 0 Å². The van der Waals surface area contributed by atoms with Gasteiger partial charge in [-0.25, -0.2) is 4.63 Å². The SMILES string of the molecule is c1csc(-c2cnon2)c1. The lowest BCUT2D eigenvalue weighted by Crippen LogP contribution is -1.65. The van der Waals surface area contributed by atoms with Crippen LogP contribution < -0.4 is 0 Å². The van der Waals surface area contributed by atoms with E-state index in [4.69, 9.17) is 0 Å². The number of hydrogen-bond donors (Lipinski definition) is 0. The lowest BCUT2D eigenvalue weighted by molar-refractivity contribution is 0.308. The normalized spacial score (nSPS) is 10.0. The van der Waals surface area contributed by atoms with Gasteiger partial charge in [0.2, 0.25) is 0 Å². The molecule has 2 aromatic heterocycles. The average Bonchev–Trinajstić information content (AvgIpc) is 2.59. The largest absolute Gasteiger partial charge is 0.244 e. The molecule has 0 saturated carbocycles. The minimum atomic E-state index is 0.801. The Morgan fingerprint density at radius 1 is 1.50 bits per heavy atom. The van der Waals surface area contributed by atoms with E-state index in [9.17, 15) is 0 Å². The van der Waals surface area contributed by atoms with Crippen LogP contribution in [0.2, 0.25) is 0 Å². The third-order valence-electron chi connectivity index (χ3n) is 1.13. The molecule has 2 aromatic rings. The molecular formula is C6H4N2OS. The molecule has 0 aliphatic carbocycles. The van der Waals surface area contributed by atoms with Crippen molar-refractivity contribution >= 4 is 11.3 Å². The highest BCUT2D eigenvalue weighted by Gasteiger charge is 2.00. The van der Waals surface area contributed by atoms with E-state index in [0.29, 0.717) is 0 Å². The fraction of sp³-hybridized carbons (Fsp3) is 0. The highest BCUT2D eigenvalue weighted by atomic mass is 32.1. The van der Waals surface area contributed by atoms with Gasteiger partial charge in [0.15, 0.2) is 0 Å². The molecule has 0 N–H and O–H groups in total. The van der Waals surface area contributed by atoms with E-state index in [2.05, 4.69) is 14.9 Å². The minimum Gasteiger partial charge on any atom is -0.244 e. The summed E-state index contributed by atoms with van der Waals surface area (Å²) in [7, 11) is 0. The summed E-state index contributed by atoms with van der Waals surface area (Å²) in [6.45, 7) is 0. The highest BCUT2D eigenvalue weighted by molar-refractivity contribution is 7.13. The number of nitrogens with zero attached hydrogens (tertiary/aromatic N) is 2. The van der Waals surface area contributed by atoms with E-state index in [1.165, 1.54) is 0 Å². The van der Waals surface area contributed by atoms with Crippen LogP contribution in [0.5, 0.6) is 0 Å². The third kappa shape index (κ3) is 0.823. The maximum Gasteiger partial charge on any atom is 0.144 e. The van der Waals surface area contributed by atoms with Crippen LogP contribution in [0, 0.1) is 0 Å². The van der Waals surface area contributed by atoms with E-state index in [0.717, 1.165) is 10.6 Å². The Labute approximate surface area is 61.3 Å². The van der Waals surface area contributed by atoms with Gasteiger partial charge in [-0.1, -0.05) is 11.2 Å². The lowest BCUT2D eigenvalue weighted by Gasteiger charge is -1.80. The summed E-state index contributed by atoms with van der Waals surface area (Å²) in [5, 5.41) is 9.17. The molecule has 0 saturated heterocycles. The maximum absolute atomic E-state index is 4.44. The summed E-state index contributed by atoms with van der Waals surface area (Å²) in [6.07, 6.45) is 1.60. The molecule has 0 atom stereocenters. The van der Waals surface area contributed by atoms with E-state index in [1.54, 1.807) is 17.5 Å². The standard InChI is InChI=1S/C6H4N2OS/c1-2-6(10-3-1)5-4-7-9-8-5/h1-4H. The van der Waals surface area contributed by atoms with Crippen LogP contribution in [0.4, 0.5) is 0 Å². The molecule has 0 radical (unpaired) electrons. The van der Waals surface area contributed by atoms with Gasteiger partial charge in [0.25, 0.3) is 0 Å². The van der Waals surface area contributed by atoms with Crippen molar-refractivity contribution in [3.63, 3.8) is 0 Å². The summed E-state index contributed by atoms with van der Waals surface area (Å²) in [4.78, 5) is 1.08. The summed E-state index contributed by atoms with van der Waals surface area (Å²) in [5.74, 6) is 0. The first kappa shape index (κ1) is 5.61. The van der Waals surface area contributed by atoms with Gasteiger partial charge in [-0.2, -0.15) is 0 Å². The molecule has 0 fully saturated rings. The van der Waals surface area contributed by atoms with Gasteiger partial charge < -0.3 is 0 Å². The summed E-state index contributed by atoms with van der Waals surface area (Å²) >= 11 is 1.62. The molecule has 0 bridgehead atoms. The number of thiophene rings is 1. The van der Waals surface area contributed by atoms with Crippen LogP contribution in [-0.2, 0) is 0 Å². The molecule has 10 heavy (non-hydrogen) atoms. The Hall–Kier alpha value is -1.16. The molecule has 0 spiro atoms. The van der Waals surface area contributed by atoms with Gasteiger partial charge in [0, 0.05) is 0 Å². The highest BCUT2D eigenvalue weighted by Crippen LogP contribution is 2.20. The number of hydrogen-bond acceptors (Lipinski definition) is 4. The quantitative estimate of drug-likeness (QED) is 0.625. The first-order chi connectivity index (χ1) is 4.97. The minimum absolute atomic E-state index is 0.801. The predicted molar refractivity (Wildman–Crippen MR) is 37.6 cm³/mol. The van der Waals surface area contributed by atoms with Crippen LogP contribution in [0.3, 0.4) is 0 Å². The molecule has 0 aromatic carbocycles. The molecule has 2 rings (SSSR count). The molecule has 0 aliphatic heterocycles. The second kappa shape index (κ2) is 2.22. The Morgan fingerprint density at radius 2 is 2.50 bits per heavy atom. The van der Waals surface area contributed by atoms with Gasteiger partial charge in [0.05, 0.1) is 4.88 Å². The molecule has 0 unspecified atom stereocenters. The fourth-order valence-corrected chi connectivity index (χ4v) is 1.37. The van der Waals surface area contributed by atoms with Crippen molar-refractivity contribution in [1.29, 1.82) is 0 Å². The smallest absolute Gasteiger partial charge is 0.144 e. The van der Waals surface area contributed by atoms with Crippen molar-refractivity contribution in [2.45, 2.75) is 0 Å². The van der Waals surface area contributed by atoms with E-state index in [1.807, 2.05) is 17.5 Å². The van der Waals surface area contributed by atoms with Crippen molar-refractivity contribution in [2.24, 2.45) is 0 Å². The number of aromatic nitrogens is 2. The molecular weight excluding hydrogens is 148 g/mol. The van der Waals surface area contributed by atoms with Gasteiger partial charge >= 0.3 is 0 Å². The van der Waals surface area contributed by atoms with Crippen LogP contribution in [0.25, 0.3) is 10.6 Å². The zero-order chi connectivity index (χ0) is 6.81. The first-order valence-corrected chi connectivity index (χ1v) is 3.66.